The molecule has 15 heavy (non-hydrogen) atoms. The number of hydrogen-bond acceptors (Lipinski definition) is 2. The topological polar surface area (TPSA) is 37.3 Å². The molecule has 0 aromatic carbocycles. The van der Waals surface area contributed by atoms with Gasteiger partial charge in [-0.2, -0.15) is 0 Å². The van der Waals surface area contributed by atoms with E-state index in [0.29, 0.717) is 6.42 Å². The lowest BCUT2D eigenvalue weighted by Crippen LogP contribution is -2.14. The molecule has 0 spiro atoms. The number of rotatable bonds is 9. The molecular formula is C12H24O2S. The van der Waals surface area contributed by atoms with E-state index in [1.165, 1.54) is 25.7 Å². The van der Waals surface area contributed by atoms with Crippen molar-refractivity contribution < 1.29 is 9.90 Å². The van der Waals surface area contributed by atoms with Crippen LogP contribution in [0.4, 0.5) is 0 Å². The van der Waals surface area contributed by atoms with Gasteiger partial charge in [0.25, 0.3) is 0 Å². The summed E-state index contributed by atoms with van der Waals surface area (Å²) in [6.07, 6.45) is 6.81. The van der Waals surface area contributed by atoms with Crippen LogP contribution < -0.4 is 0 Å². The molecule has 1 atom stereocenters. The molecule has 3 heteroatoms. The summed E-state index contributed by atoms with van der Waals surface area (Å²) >= 11 is 3.59. The van der Waals surface area contributed by atoms with E-state index in [1.54, 1.807) is 0 Å². The summed E-state index contributed by atoms with van der Waals surface area (Å²) in [4.78, 5) is 10.6. The molecule has 0 amide bonds. The standard InChI is InChI=1S/C12H24O2S/c1-10(2)8-6-4-3-5-7-9-11(13)12(14)15/h10-11,13H,3-9H2,1-2H3,(H,14,15). The highest BCUT2D eigenvalue weighted by molar-refractivity contribution is 7.96. The van der Waals surface area contributed by atoms with E-state index >= 15 is 0 Å². The van der Waals surface area contributed by atoms with E-state index in [9.17, 15) is 9.90 Å². The zero-order chi connectivity index (χ0) is 11.7. The molecule has 0 saturated carbocycles. The van der Waals surface area contributed by atoms with Gasteiger partial charge in [-0.3, -0.25) is 4.79 Å². The van der Waals surface area contributed by atoms with Gasteiger partial charge in [0.15, 0.2) is 0 Å². The maximum Gasteiger partial charge on any atom is 0.214 e. The van der Waals surface area contributed by atoms with Gasteiger partial charge in [-0.05, 0) is 12.3 Å². The van der Waals surface area contributed by atoms with Crippen LogP contribution in [0.5, 0.6) is 0 Å². The predicted molar refractivity (Wildman–Crippen MR) is 67.2 cm³/mol. The summed E-state index contributed by atoms with van der Waals surface area (Å²) in [5.41, 5.74) is 0. The van der Waals surface area contributed by atoms with Crippen LogP contribution >= 0.6 is 12.6 Å². The summed E-state index contributed by atoms with van der Waals surface area (Å²) in [6, 6.07) is 0. The molecule has 0 aliphatic heterocycles. The second-order valence-electron chi connectivity index (χ2n) is 4.59. The third-order valence-electron chi connectivity index (χ3n) is 2.54. The fraction of sp³-hybridized carbons (Fsp3) is 0.917. The molecule has 0 aromatic heterocycles. The Kier molecular flexibility index (Phi) is 9.21. The second-order valence-corrected chi connectivity index (χ2v) is 5.03. The second kappa shape index (κ2) is 9.22. The molecular weight excluding hydrogens is 208 g/mol. The van der Waals surface area contributed by atoms with E-state index in [1.807, 2.05) is 0 Å². The van der Waals surface area contributed by atoms with Crippen molar-refractivity contribution in [3.05, 3.63) is 0 Å². The molecule has 1 N–H and O–H groups in total. The van der Waals surface area contributed by atoms with Gasteiger partial charge in [0.2, 0.25) is 5.12 Å². The van der Waals surface area contributed by atoms with E-state index in [2.05, 4.69) is 26.5 Å². The lowest BCUT2D eigenvalue weighted by molar-refractivity contribution is -0.118. The first-order valence-electron chi connectivity index (χ1n) is 5.95. The Balaban J connectivity index is 3.15. The van der Waals surface area contributed by atoms with Crippen molar-refractivity contribution in [1.82, 2.24) is 0 Å². The van der Waals surface area contributed by atoms with Crippen LogP contribution in [0.1, 0.15) is 58.8 Å². The minimum absolute atomic E-state index is 0.408. The Bertz CT molecular complexity index is 169. The molecule has 0 saturated heterocycles. The van der Waals surface area contributed by atoms with Crippen molar-refractivity contribution in [2.45, 2.75) is 64.9 Å². The van der Waals surface area contributed by atoms with Crippen molar-refractivity contribution in [2.75, 3.05) is 0 Å². The molecule has 0 rings (SSSR count). The third kappa shape index (κ3) is 10.3. The number of hydrogen-bond donors (Lipinski definition) is 2. The molecule has 90 valence electrons. The predicted octanol–water partition coefficient (Wildman–Crippen LogP) is 3.19. The normalized spacial score (nSPS) is 13.1. The SMILES string of the molecule is CC(C)CCCCCCCC(O)C(=O)S. The number of aliphatic hydroxyl groups excluding tert-OH is 1. The number of carbonyl (C=O) groups excluding carboxylic acids is 1. The summed E-state index contributed by atoms with van der Waals surface area (Å²) in [5.74, 6) is 0.800. The van der Waals surface area contributed by atoms with Crippen LogP contribution in [0, 0.1) is 5.92 Å². The van der Waals surface area contributed by atoms with Crippen LogP contribution in [0.15, 0.2) is 0 Å². The molecule has 2 nitrogen and oxygen atoms in total. The Hall–Kier alpha value is -0.0200. The molecule has 0 aliphatic rings. The zero-order valence-electron chi connectivity index (χ0n) is 9.91. The molecule has 0 bridgehead atoms. The van der Waals surface area contributed by atoms with E-state index < -0.39 is 11.2 Å². The molecule has 0 aromatic rings. The van der Waals surface area contributed by atoms with Gasteiger partial charge in [-0.1, -0.05) is 52.4 Å². The quantitative estimate of drug-likeness (QED) is 0.473. The summed E-state index contributed by atoms with van der Waals surface area (Å²) in [6.45, 7) is 4.49. The monoisotopic (exact) mass is 232 g/mol. The third-order valence-corrected chi connectivity index (χ3v) is 2.84. The average molecular weight is 232 g/mol. The van der Waals surface area contributed by atoms with E-state index in [0.717, 1.165) is 18.8 Å². The van der Waals surface area contributed by atoms with Gasteiger partial charge in [-0.25, -0.2) is 0 Å². The van der Waals surface area contributed by atoms with Gasteiger partial charge >= 0.3 is 0 Å². The Morgan fingerprint density at radius 3 is 2.00 bits per heavy atom. The highest BCUT2D eigenvalue weighted by Gasteiger charge is 2.09. The highest BCUT2D eigenvalue weighted by atomic mass is 32.1. The Labute approximate surface area is 98.9 Å². The highest BCUT2D eigenvalue weighted by Crippen LogP contribution is 2.12. The Morgan fingerprint density at radius 1 is 1.07 bits per heavy atom. The zero-order valence-corrected chi connectivity index (χ0v) is 10.8. The fourth-order valence-corrected chi connectivity index (χ4v) is 1.67. The largest absolute Gasteiger partial charge is 0.384 e. The maximum atomic E-state index is 10.6. The lowest BCUT2D eigenvalue weighted by Gasteiger charge is -2.06. The van der Waals surface area contributed by atoms with E-state index in [4.69, 9.17) is 0 Å². The first-order chi connectivity index (χ1) is 7.04. The van der Waals surface area contributed by atoms with Crippen LogP contribution in [0.3, 0.4) is 0 Å². The van der Waals surface area contributed by atoms with Crippen molar-refractivity contribution >= 4 is 17.7 Å². The van der Waals surface area contributed by atoms with Crippen molar-refractivity contribution in [2.24, 2.45) is 5.92 Å². The van der Waals surface area contributed by atoms with Gasteiger partial charge in [0, 0.05) is 0 Å². The number of carbonyl (C=O) groups is 1. The van der Waals surface area contributed by atoms with Gasteiger partial charge in [0.1, 0.15) is 6.10 Å². The van der Waals surface area contributed by atoms with Crippen LogP contribution in [0.25, 0.3) is 0 Å². The molecule has 0 heterocycles. The van der Waals surface area contributed by atoms with Crippen LogP contribution in [-0.2, 0) is 4.79 Å². The molecule has 0 fully saturated rings. The van der Waals surface area contributed by atoms with Gasteiger partial charge in [-0.15, -0.1) is 12.6 Å². The van der Waals surface area contributed by atoms with Crippen LogP contribution in [-0.4, -0.2) is 16.3 Å². The lowest BCUT2D eigenvalue weighted by atomic mass is 10.0. The van der Waals surface area contributed by atoms with Crippen molar-refractivity contribution in [3.8, 4) is 0 Å². The first-order valence-corrected chi connectivity index (χ1v) is 6.39. The summed E-state index contributed by atoms with van der Waals surface area (Å²) in [7, 11) is 0. The molecule has 0 radical (unpaired) electrons. The van der Waals surface area contributed by atoms with Gasteiger partial charge in [0.05, 0.1) is 0 Å². The number of unbranched alkanes of at least 4 members (excludes halogenated alkanes) is 4. The Morgan fingerprint density at radius 2 is 1.53 bits per heavy atom. The number of aliphatic hydroxyl groups is 1. The first kappa shape index (κ1) is 15.0. The molecule has 1 unspecified atom stereocenters. The fourth-order valence-electron chi connectivity index (χ4n) is 1.54. The van der Waals surface area contributed by atoms with Crippen molar-refractivity contribution in [1.29, 1.82) is 0 Å². The van der Waals surface area contributed by atoms with Crippen LogP contribution in [0.2, 0.25) is 0 Å². The van der Waals surface area contributed by atoms with Crippen molar-refractivity contribution in [3.63, 3.8) is 0 Å². The average Bonchev–Trinajstić information content (AvgIpc) is 2.15. The minimum atomic E-state index is -0.857. The van der Waals surface area contributed by atoms with E-state index in [-0.39, 0.29) is 0 Å². The smallest absolute Gasteiger partial charge is 0.214 e. The molecule has 0 aliphatic carbocycles. The van der Waals surface area contributed by atoms with Gasteiger partial charge < -0.3 is 5.11 Å². The summed E-state index contributed by atoms with van der Waals surface area (Å²) in [5, 5.41) is 8.77. The number of thiol groups is 1. The minimum Gasteiger partial charge on any atom is -0.384 e. The maximum absolute atomic E-state index is 10.6. The summed E-state index contributed by atoms with van der Waals surface area (Å²) < 4.78 is 0.